The highest BCUT2D eigenvalue weighted by molar-refractivity contribution is 7.99. The van der Waals surface area contributed by atoms with Crippen LogP contribution in [-0.4, -0.2) is 19.7 Å². The summed E-state index contributed by atoms with van der Waals surface area (Å²) < 4.78 is 1.77. The van der Waals surface area contributed by atoms with E-state index < -0.39 is 0 Å². The van der Waals surface area contributed by atoms with Crippen LogP contribution in [0.25, 0.3) is 10.2 Å². The van der Waals surface area contributed by atoms with Crippen molar-refractivity contribution in [3.8, 4) is 0 Å². The second kappa shape index (κ2) is 5.39. The van der Waals surface area contributed by atoms with Gasteiger partial charge in [0.1, 0.15) is 9.86 Å². The van der Waals surface area contributed by atoms with E-state index in [4.69, 9.17) is 5.84 Å². The van der Waals surface area contributed by atoms with Crippen LogP contribution in [0.4, 0.5) is 5.95 Å². The molecule has 3 rings (SSSR count). The summed E-state index contributed by atoms with van der Waals surface area (Å²) in [5, 5.41) is 6.14. The number of nitrogens with one attached hydrogen (secondary N) is 1. The molecule has 0 unspecified atom stereocenters. The second-order valence-electron chi connectivity index (χ2n) is 4.23. The monoisotopic (exact) mass is 306 g/mol. The van der Waals surface area contributed by atoms with Crippen LogP contribution in [0.2, 0.25) is 0 Å². The predicted octanol–water partition coefficient (Wildman–Crippen LogP) is 2.42. The second-order valence-corrected chi connectivity index (χ2v) is 6.41. The molecule has 0 spiro atoms. The molecule has 8 heteroatoms. The molecule has 0 atom stereocenters. The van der Waals surface area contributed by atoms with E-state index in [1.165, 1.54) is 4.88 Å². The highest BCUT2D eigenvalue weighted by Gasteiger charge is 2.13. The Bertz CT molecular complexity index is 748. The first-order valence-corrected chi connectivity index (χ1v) is 7.76. The number of thiophene rings is 1. The Morgan fingerprint density at radius 1 is 1.45 bits per heavy atom. The molecule has 0 aliphatic carbocycles. The zero-order valence-electron chi connectivity index (χ0n) is 11.1. The lowest BCUT2D eigenvalue weighted by atomic mass is 10.3. The van der Waals surface area contributed by atoms with Gasteiger partial charge in [0.05, 0.1) is 11.1 Å². The van der Waals surface area contributed by atoms with Gasteiger partial charge in [-0.3, -0.25) is 10.1 Å². The average Bonchev–Trinajstić information content (AvgIpc) is 3.04. The van der Waals surface area contributed by atoms with Crippen molar-refractivity contribution < 1.29 is 0 Å². The Balaban J connectivity index is 2.09. The molecule has 3 aromatic heterocycles. The Hall–Kier alpha value is -1.64. The fraction of sp³-hybridized carbons (Fsp3) is 0.250. The number of aromatic nitrogens is 4. The molecule has 0 bridgehead atoms. The first-order chi connectivity index (χ1) is 9.69. The van der Waals surface area contributed by atoms with Gasteiger partial charge in [0.15, 0.2) is 0 Å². The number of nitrogens with zero attached hydrogens (tertiary/aromatic N) is 4. The Morgan fingerprint density at radius 2 is 2.30 bits per heavy atom. The van der Waals surface area contributed by atoms with Crippen molar-refractivity contribution >= 4 is 39.3 Å². The van der Waals surface area contributed by atoms with Crippen LogP contribution in [0.5, 0.6) is 0 Å². The number of hydrazine groups is 1. The first kappa shape index (κ1) is 13.3. The minimum Gasteiger partial charge on any atom is -0.292 e. The highest BCUT2D eigenvalue weighted by Crippen LogP contribution is 2.35. The maximum atomic E-state index is 5.45. The third-order valence-electron chi connectivity index (χ3n) is 2.78. The summed E-state index contributed by atoms with van der Waals surface area (Å²) in [6.07, 6.45) is 4.77. The van der Waals surface area contributed by atoms with Crippen molar-refractivity contribution in [2.24, 2.45) is 12.9 Å². The predicted molar refractivity (Wildman–Crippen MR) is 81.9 cm³/mol. The van der Waals surface area contributed by atoms with E-state index in [0.29, 0.717) is 5.95 Å². The number of fused-ring (bicyclic) bond motifs is 1. The number of anilines is 1. The van der Waals surface area contributed by atoms with E-state index in [1.54, 1.807) is 27.8 Å². The van der Waals surface area contributed by atoms with Crippen LogP contribution < -0.4 is 11.3 Å². The van der Waals surface area contributed by atoms with Crippen LogP contribution in [-0.2, 0) is 13.5 Å². The number of hydrogen-bond acceptors (Lipinski definition) is 7. The maximum Gasteiger partial charge on any atom is 0.239 e. The van der Waals surface area contributed by atoms with Gasteiger partial charge in [-0.1, -0.05) is 18.7 Å². The summed E-state index contributed by atoms with van der Waals surface area (Å²) >= 11 is 3.24. The summed E-state index contributed by atoms with van der Waals surface area (Å²) in [6, 6.07) is 2.15. The van der Waals surface area contributed by atoms with Gasteiger partial charge in [0.25, 0.3) is 0 Å². The molecule has 0 aromatic carbocycles. The van der Waals surface area contributed by atoms with Gasteiger partial charge in [-0.05, 0) is 12.5 Å². The summed E-state index contributed by atoms with van der Waals surface area (Å²) in [6.45, 7) is 2.13. The molecule has 6 nitrogen and oxygen atoms in total. The van der Waals surface area contributed by atoms with Gasteiger partial charge < -0.3 is 0 Å². The van der Waals surface area contributed by atoms with Gasteiger partial charge in [0, 0.05) is 23.5 Å². The summed E-state index contributed by atoms with van der Waals surface area (Å²) in [4.78, 5) is 12.1. The molecule has 0 amide bonds. The highest BCUT2D eigenvalue weighted by atomic mass is 32.2. The van der Waals surface area contributed by atoms with E-state index in [9.17, 15) is 0 Å². The number of aryl methyl sites for hydroxylation is 2. The minimum atomic E-state index is 0.438. The molecule has 3 heterocycles. The molecule has 20 heavy (non-hydrogen) atoms. The van der Waals surface area contributed by atoms with E-state index in [1.807, 2.05) is 19.4 Å². The lowest BCUT2D eigenvalue weighted by Gasteiger charge is -2.03. The zero-order valence-corrected chi connectivity index (χ0v) is 12.8. The Morgan fingerprint density at radius 3 is 2.95 bits per heavy atom. The van der Waals surface area contributed by atoms with Crippen LogP contribution >= 0.6 is 23.1 Å². The molecule has 3 N–H and O–H groups in total. The van der Waals surface area contributed by atoms with Gasteiger partial charge in [0.2, 0.25) is 5.95 Å². The van der Waals surface area contributed by atoms with Crippen LogP contribution in [0, 0.1) is 0 Å². The van der Waals surface area contributed by atoms with E-state index in [0.717, 1.165) is 26.6 Å². The fourth-order valence-corrected chi connectivity index (χ4v) is 3.78. The minimum absolute atomic E-state index is 0.438. The lowest BCUT2D eigenvalue weighted by molar-refractivity contribution is 0.766. The number of nitrogen functional groups attached to an aromatic ring is 1. The molecule has 0 aliphatic rings. The molecule has 0 fully saturated rings. The molecular formula is C12H14N6S2. The van der Waals surface area contributed by atoms with E-state index in [2.05, 4.69) is 33.5 Å². The van der Waals surface area contributed by atoms with Crippen molar-refractivity contribution in [1.82, 2.24) is 19.7 Å². The van der Waals surface area contributed by atoms with Crippen LogP contribution in [0.3, 0.4) is 0 Å². The largest absolute Gasteiger partial charge is 0.292 e. The molecule has 0 saturated heterocycles. The third kappa shape index (κ3) is 2.49. The summed E-state index contributed by atoms with van der Waals surface area (Å²) in [5.41, 5.74) is 2.53. The fourth-order valence-electron chi connectivity index (χ4n) is 1.82. The molecular weight excluding hydrogens is 292 g/mol. The topological polar surface area (TPSA) is 81.7 Å². The first-order valence-electron chi connectivity index (χ1n) is 6.13. The lowest BCUT2D eigenvalue weighted by Crippen LogP contribution is -2.10. The van der Waals surface area contributed by atoms with Crippen molar-refractivity contribution in [3.05, 3.63) is 23.3 Å². The van der Waals surface area contributed by atoms with E-state index in [-0.39, 0.29) is 0 Å². The third-order valence-corrected chi connectivity index (χ3v) is 4.91. The van der Waals surface area contributed by atoms with Crippen LogP contribution in [0.15, 0.2) is 28.4 Å². The van der Waals surface area contributed by atoms with Gasteiger partial charge in [-0.15, -0.1) is 11.3 Å². The SMILES string of the molecule is CCc1cc2c(Sc3cnn(C)c3)nc(NN)nc2s1. The Kier molecular flexibility index (Phi) is 3.60. The smallest absolute Gasteiger partial charge is 0.239 e. The summed E-state index contributed by atoms with van der Waals surface area (Å²) in [7, 11) is 1.90. The van der Waals surface area contributed by atoms with Crippen molar-refractivity contribution in [3.63, 3.8) is 0 Å². The quantitative estimate of drug-likeness (QED) is 0.438. The van der Waals surface area contributed by atoms with Crippen molar-refractivity contribution in [2.45, 2.75) is 23.3 Å². The zero-order chi connectivity index (χ0) is 14.1. The molecule has 0 radical (unpaired) electrons. The Labute approximate surface area is 124 Å². The van der Waals surface area contributed by atoms with Gasteiger partial charge >= 0.3 is 0 Å². The maximum absolute atomic E-state index is 5.45. The van der Waals surface area contributed by atoms with Gasteiger partial charge in [-0.2, -0.15) is 5.10 Å². The number of nitrogens with two attached hydrogens (primary N) is 1. The normalized spacial score (nSPS) is 11.2. The number of hydrogen-bond donors (Lipinski definition) is 2. The van der Waals surface area contributed by atoms with Crippen molar-refractivity contribution in [2.75, 3.05) is 5.43 Å². The van der Waals surface area contributed by atoms with Crippen LogP contribution in [0.1, 0.15) is 11.8 Å². The van der Waals surface area contributed by atoms with Crippen molar-refractivity contribution in [1.29, 1.82) is 0 Å². The number of rotatable bonds is 4. The average molecular weight is 306 g/mol. The molecule has 0 saturated carbocycles. The molecule has 0 aliphatic heterocycles. The van der Waals surface area contributed by atoms with E-state index >= 15 is 0 Å². The summed E-state index contributed by atoms with van der Waals surface area (Å²) in [5.74, 6) is 5.89. The molecule has 3 aromatic rings. The standard InChI is InChI=1S/C12H14N6S2/c1-3-7-4-9-10(19-7)15-12(17-13)16-11(9)20-8-5-14-18(2)6-8/h4-6H,3,13H2,1-2H3,(H,15,16,17). The van der Waals surface area contributed by atoms with Gasteiger partial charge in [-0.25, -0.2) is 15.8 Å². The molecule has 104 valence electrons.